The van der Waals surface area contributed by atoms with E-state index in [1.807, 2.05) is 0 Å². The molecule has 0 fully saturated rings. The van der Waals surface area contributed by atoms with Crippen molar-refractivity contribution in [3.05, 3.63) is 23.8 Å². The van der Waals surface area contributed by atoms with Crippen molar-refractivity contribution in [3.8, 4) is 0 Å². The third-order valence-electron chi connectivity index (χ3n) is 3.29. The normalized spacial score (nSPS) is 19.7. The van der Waals surface area contributed by atoms with E-state index in [2.05, 4.69) is 13.8 Å². The monoisotopic (exact) mass is 362 g/mol. The minimum Gasteiger partial charge on any atom is -0.481 e. The second kappa shape index (κ2) is 11.5. The molecule has 0 aromatic heterocycles. The lowest BCUT2D eigenvalue weighted by molar-refractivity contribution is -0.145. The van der Waals surface area contributed by atoms with Gasteiger partial charge in [-0.15, -0.1) is 17.0 Å². The van der Waals surface area contributed by atoms with Crippen molar-refractivity contribution in [2.75, 3.05) is 0 Å². The summed E-state index contributed by atoms with van der Waals surface area (Å²) in [6, 6.07) is 0. The molecule has 0 spiro atoms. The van der Waals surface area contributed by atoms with Gasteiger partial charge in [-0.05, 0) is 13.3 Å². The fourth-order valence-corrected chi connectivity index (χ4v) is 1.86. The molecular weight excluding hydrogens is 336 g/mol. The first kappa shape index (κ1) is 22.2. The number of rotatable bonds is 6. The molecule has 0 amide bonds. The summed E-state index contributed by atoms with van der Waals surface area (Å²) < 4.78 is 0. The van der Waals surface area contributed by atoms with Crippen LogP contribution in [0.1, 0.15) is 59.3 Å². The van der Waals surface area contributed by atoms with Gasteiger partial charge in [0.25, 0.3) is 0 Å². The average molecular weight is 363 g/mol. The topological polar surface area (TPSA) is 74.6 Å². The lowest BCUT2D eigenvalue weighted by Gasteiger charge is -2.23. The summed E-state index contributed by atoms with van der Waals surface area (Å²) in [5, 5.41) is 17.5. The Bertz CT molecular complexity index is 384. The van der Waals surface area contributed by atoms with Crippen LogP contribution in [0.5, 0.6) is 0 Å². The van der Waals surface area contributed by atoms with Crippen LogP contribution in [-0.2, 0) is 9.59 Å². The Balaban J connectivity index is 0. The van der Waals surface area contributed by atoms with E-state index >= 15 is 0 Å². The van der Waals surface area contributed by atoms with Gasteiger partial charge in [-0.1, -0.05) is 64.2 Å². The van der Waals surface area contributed by atoms with E-state index in [-0.39, 0.29) is 29.0 Å². The Morgan fingerprint density at radius 2 is 1.67 bits per heavy atom. The number of unbranched alkanes of at least 4 members (excludes halogenated alkanes) is 4. The summed E-state index contributed by atoms with van der Waals surface area (Å²) in [7, 11) is 0. The van der Waals surface area contributed by atoms with Crippen LogP contribution >= 0.6 is 17.0 Å². The van der Waals surface area contributed by atoms with Crippen LogP contribution in [0.15, 0.2) is 23.8 Å². The number of hydrogen-bond acceptors (Lipinski definition) is 2. The van der Waals surface area contributed by atoms with E-state index in [9.17, 15) is 9.59 Å². The molecule has 4 nitrogen and oxygen atoms in total. The highest BCUT2D eigenvalue weighted by atomic mass is 79.9. The summed E-state index contributed by atoms with van der Waals surface area (Å²) >= 11 is 0. The van der Waals surface area contributed by atoms with Crippen LogP contribution in [0.4, 0.5) is 0 Å². The van der Waals surface area contributed by atoms with Gasteiger partial charge in [0.1, 0.15) is 0 Å². The molecule has 5 heteroatoms. The van der Waals surface area contributed by atoms with E-state index < -0.39 is 17.4 Å². The first-order chi connectivity index (χ1) is 9.37. The summed E-state index contributed by atoms with van der Waals surface area (Å²) in [5.41, 5.74) is -0.949. The zero-order valence-electron chi connectivity index (χ0n) is 13.1. The van der Waals surface area contributed by atoms with Gasteiger partial charge in [0, 0.05) is 5.57 Å². The van der Waals surface area contributed by atoms with Crippen molar-refractivity contribution in [2.45, 2.75) is 59.3 Å². The fraction of sp³-hybridized carbons (Fsp3) is 0.625. The van der Waals surface area contributed by atoms with E-state index in [1.165, 1.54) is 57.3 Å². The first-order valence-corrected chi connectivity index (χ1v) is 7.22. The van der Waals surface area contributed by atoms with Gasteiger partial charge in [0.05, 0.1) is 5.41 Å². The van der Waals surface area contributed by atoms with Crippen LogP contribution in [0.3, 0.4) is 0 Å². The molecule has 0 radical (unpaired) electrons. The maximum Gasteiger partial charge on any atom is 0.331 e. The quantitative estimate of drug-likeness (QED) is 0.676. The molecule has 21 heavy (non-hydrogen) atoms. The van der Waals surface area contributed by atoms with Crippen LogP contribution < -0.4 is 0 Å². The molecule has 0 unspecified atom stereocenters. The number of carboxylic acids is 2. The molecule has 0 aromatic carbocycles. The van der Waals surface area contributed by atoms with Crippen molar-refractivity contribution in [1.29, 1.82) is 0 Å². The lowest BCUT2D eigenvalue weighted by Crippen LogP contribution is -2.28. The van der Waals surface area contributed by atoms with E-state index in [4.69, 9.17) is 10.2 Å². The number of halogens is 1. The smallest absolute Gasteiger partial charge is 0.331 e. The number of hydrogen-bond donors (Lipinski definition) is 2. The van der Waals surface area contributed by atoms with Crippen molar-refractivity contribution in [2.24, 2.45) is 5.41 Å². The zero-order valence-corrected chi connectivity index (χ0v) is 14.8. The summed E-state index contributed by atoms with van der Waals surface area (Å²) in [6.45, 7) is 5.99. The minimum atomic E-state index is -1.08. The van der Waals surface area contributed by atoms with Crippen molar-refractivity contribution in [1.82, 2.24) is 0 Å². The largest absolute Gasteiger partial charge is 0.481 e. The molecule has 1 rings (SSSR count). The van der Waals surface area contributed by atoms with Crippen LogP contribution in [0, 0.1) is 5.41 Å². The van der Waals surface area contributed by atoms with Crippen LogP contribution in [0.25, 0.3) is 0 Å². The zero-order chi connectivity index (χ0) is 15.6. The molecule has 0 saturated heterocycles. The molecule has 1 atom stereocenters. The van der Waals surface area contributed by atoms with Gasteiger partial charge < -0.3 is 10.2 Å². The Morgan fingerprint density at radius 1 is 1.14 bits per heavy atom. The van der Waals surface area contributed by atoms with Crippen molar-refractivity contribution in [3.63, 3.8) is 0 Å². The van der Waals surface area contributed by atoms with Gasteiger partial charge in [-0.2, -0.15) is 0 Å². The predicted molar refractivity (Wildman–Crippen MR) is 90.0 cm³/mol. The number of allylic oxidation sites excluding steroid dienone is 2. The van der Waals surface area contributed by atoms with Crippen LogP contribution in [0.2, 0.25) is 0 Å². The van der Waals surface area contributed by atoms with Crippen LogP contribution in [-0.4, -0.2) is 22.2 Å². The molecule has 0 aliphatic heterocycles. The highest BCUT2D eigenvalue weighted by molar-refractivity contribution is 8.93. The molecule has 0 aromatic rings. The van der Waals surface area contributed by atoms with Gasteiger partial charge >= 0.3 is 11.9 Å². The number of carbonyl (C=O) groups is 2. The predicted octanol–water partition coefficient (Wildman–Crippen LogP) is 4.60. The third kappa shape index (κ3) is 8.71. The van der Waals surface area contributed by atoms with Crippen molar-refractivity contribution >= 4 is 28.9 Å². The van der Waals surface area contributed by atoms with Crippen molar-refractivity contribution < 1.29 is 19.8 Å². The molecule has 0 heterocycles. The Morgan fingerprint density at radius 3 is 2.05 bits per heavy atom. The van der Waals surface area contributed by atoms with E-state index in [0.29, 0.717) is 0 Å². The standard InChI is InChI=1S/C9H10O4.C7H16.BrH/c1-9(8(12)13)4-2-3-6(5-9)7(10)11;1-3-5-7-6-4-2;/h2-4H,5H2,1H3,(H,10,11)(H,12,13);3-7H2,1-2H3;1H/t9-;;/m0../s1. The maximum absolute atomic E-state index is 10.8. The fourth-order valence-electron chi connectivity index (χ4n) is 1.86. The molecule has 0 saturated carbocycles. The minimum absolute atomic E-state index is 0. The number of aliphatic carboxylic acids is 2. The third-order valence-corrected chi connectivity index (χ3v) is 3.29. The van der Waals surface area contributed by atoms with Gasteiger partial charge in [-0.25, -0.2) is 4.79 Å². The maximum atomic E-state index is 10.8. The van der Waals surface area contributed by atoms with E-state index in [1.54, 1.807) is 0 Å². The second-order valence-electron chi connectivity index (χ2n) is 5.32. The molecule has 122 valence electrons. The Hall–Kier alpha value is -1.10. The summed E-state index contributed by atoms with van der Waals surface area (Å²) in [5.74, 6) is -2.06. The highest BCUT2D eigenvalue weighted by Gasteiger charge is 2.34. The van der Waals surface area contributed by atoms with Gasteiger partial charge in [-0.3, -0.25) is 4.79 Å². The lowest BCUT2D eigenvalue weighted by atomic mass is 9.80. The second-order valence-corrected chi connectivity index (χ2v) is 5.32. The summed E-state index contributed by atoms with van der Waals surface area (Å²) in [6.07, 6.45) is 11.4. The molecular formula is C16H27BrO4. The van der Waals surface area contributed by atoms with Gasteiger partial charge in [0.2, 0.25) is 0 Å². The SMILES string of the molecule is Br.CCCCCCC.C[C@]1(C(=O)O)C=CC=C(C(=O)O)C1. The summed E-state index contributed by atoms with van der Waals surface area (Å²) in [4.78, 5) is 21.3. The van der Waals surface area contributed by atoms with Gasteiger partial charge in [0.15, 0.2) is 0 Å². The molecule has 2 N–H and O–H groups in total. The van der Waals surface area contributed by atoms with E-state index in [0.717, 1.165) is 0 Å². The highest BCUT2D eigenvalue weighted by Crippen LogP contribution is 2.31. The number of carboxylic acid groups (broad SMARTS) is 2. The Kier molecular flexibility index (Phi) is 12.2. The molecule has 1 aliphatic carbocycles. The average Bonchev–Trinajstić information content (AvgIpc) is 2.40. The molecule has 1 aliphatic rings. The Labute approximate surface area is 137 Å². The first-order valence-electron chi connectivity index (χ1n) is 7.22. The molecule has 0 bridgehead atoms.